The lowest BCUT2D eigenvalue weighted by atomic mass is 9.74. The zero-order valence-electron chi connectivity index (χ0n) is 6.98. The molecule has 1 heteroatoms. The largest absolute Gasteiger partial charge is 0.310 e. The third kappa shape index (κ3) is 2.13. The third-order valence-corrected chi connectivity index (χ3v) is 2.40. The van der Waals surface area contributed by atoms with Crippen LogP contribution >= 0.6 is 0 Å². The van der Waals surface area contributed by atoms with Gasteiger partial charge in [0.05, 0.1) is 0 Å². The Morgan fingerprint density at radius 2 is 2.10 bits per heavy atom. The van der Waals surface area contributed by atoms with Gasteiger partial charge in [-0.25, -0.2) is 0 Å². The first-order valence-corrected chi connectivity index (χ1v) is 4.22. The zero-order valence-corrected chi connectivity index (χ0v) is 6.98. The van der Waals surface area contributed by atoms with E-state index in [0.29, 0.717) is 0 Å². The molecule has 1 aliphatic rings. The van der Waals surface area contributed by atoms with Crippen molar-refractivity contribution in [2.75, 3.05) is 0 Å². The first-order valence-electron chi connectivity index (χ1n) is 4.22. The molecule has 0 bridgehead atoms. The molecule has 0 unspecified atom stereocenters. The van der Waals surface area contributed by atoms with Crippen LogP contribution in [0.5, 0.6) is 0 Å². The standard InChI is InChI=1S/C9H17N/c1-7-5-9(6-7)4-3-8(2)10/h7,9-10H,3-6H2,1-2H3. The Hall–Kier alpha value is -0.330. The SMILES string of the molecule is CC(=N)CCC1CC(C)C1. The fraction of sp³-hybridized carbons (Fsp3) is 0.889. The first kappa shape index (κ1) is 7.77. The van der Waals surface area contributed by atoms with Crippen LogP contribution in [0.2, 0.25) is 0 Å². The van der Waals surface area contributed by atoms with Gasteiger partial charge in [0, 0.05) is 5.71 Å². The molecular formula is C9H17N. The molecule has 0 spiro atoms. The second kappa shape index (κ2) is 3.18. The molecule has 1 aliphatic carbocycles. The normalized spacial score (nSPS) is 31.4. The maximum atomic E-state index is 7.24. The second-order valence-corrected chi connectivity index (χ2v) is 3.76. The van der Waals surface area contributed by atoms with Crippen molar-refractivity contribution in [1.82, 2.24) is 0 Å². The highest BCUT2D eigenvalue weighted by atomic mass is 14.4. The highest BCUT2D eigenvalue weighted by Gasteiger charge is 2.24. The van der Waals surface area contributed by atoms with Crippen molar-refractivity contribution in [3.63, 3.8) is 0 Å². The van der Waals surface area contributed by atoms with Gasteiger partial charge in [0.15, 0.2) is 0 Å². The Morgan fingerprint density at radius 1 is 1.50 bits per heavy atom. The molecule has 1 fully saturated rings. The van der Waals surface area contributed by atoms with E-state index in [9.17, 15) is 0 Å². The number of hydrogen-bond acceptors (Lipinski definition) is 1. The first-order chi connectivity index (χ1) is 4.68. The Morgan fingerprint density at radius 3 is 2.50 bits per heavy atom. The highest BCUT2D eigenvalue weighted by molar-refractivity contribution is 5.78. The van der Waals surface area contributed by atoms with Crippen LogP contribution in [0, 0.1) is 17.2 Å². The van der Waals surface area contributed by atoms with Gasteiger partial charge in [0.1, 0.15) is 0 Å². The lowest BCUT2D eigenvalue weighted by Gasteiger charge is -2.32. The average molecular weight is 139 g/mol. The molecule has 0 aromatic heterocycles. The molecule has 1 rings (SSSR count). The molecular weight excluding hydrogens is 122 g/mol. The monoisotopic (exact) mass is 139 g/mol. The van der Waals surface area contributed by atoms with Crippen LogP contribution in [0.25, 0.3) is 0 Å². The summed E-state index contributed by atoms with van der Waals surface area (Å²) in [4.78, 5) is 0. The van der Waals surface area contributed by atoms with E-state index in [1.54, 1.807) is 0 Å². The van der Waals surface area contributed by atoms with E-state index in [1.807, 2.05) is 6.92 Å². The average Bonchev–Trinajstić information content (AvgIpc) is 1.77. The maximum Gasteiger partial charge on any atom is 0.00583 e. The van der Waals surface area contributed by atoms with E-state index >= 15 is 0 Å². The fourth-order valence-electron chi connectivity index (χ4n) is 1.73. The van der Waals surface area contributed by atoms with Crippen LogP contribution in [0.3, 0.4) is 0 Å². The highest BCUT2D eigenvalue weighted by Crippen LogP contribution is 2.36. The maximum absolute atomic E-state index is 7.24. The van der Waals surface area contributed by atoms with E-state index in [1.165, 1.54) is 19.3 Å². The fourth-order valence-corrected chi connectivity index (χ4v) is 1.73. The van der Waals surface area contributed by atoms with E-state index in [4.69, 9.17) is 5.41 Å². The number of hydrogen-bond donors (Lipinski definition) is 1. The van der Waals surface area contributed by atoms with Crippen molar-refractivity contribution in [1.29, 1.82) is 5.41 Å². The van der Waals surface area contributed by atoms with Crippen LogP contribution in [0.15, 0.2) is 0 Å². The summed E-state index contributed by atoms with van der Waals surface area (Å²) in [5, 5.41) is 7.24. The summed E-state index contributed by atoms with van der Waals surface area (Å²) >= 11 is 0. The molecule has 0 saturated heterocycles. The summed E-state index contributed by atoms with van der Waals surface area (Å²) in [6.45, 7) is 4.22. The van der Waals surface area contributed by atoms with Gasteiger partial charge in [-0.2, -0.15) is 0 Å². The molecule has 0 amide bonds. The van der Waals surface area contributed by atoms with Crippen molar-refractivity contribution >= 4 is 5.71 Å². The van der Waals surface area contributed by atoms with Crippen molar-refractivity contribution in [3.05, 3.63) is 0 Å². The molecule has 1 N–H and O–H groups in total. The molecule has 1 saturated carbocycles. The zero-order chi connectivity index (χ0) is 7.56. The summed E-state index contributed by atoms with van der Waals surface area (Å²) in [6, 6.07) is 0. The Labute approximate surface area is 63.3 Å². The summed E-state index contributed by atoms with van der Waals surface area (Å²) in [6.07, 6.45) is 5.11. The predicted octanol–water partition coefficient (Wildman–Crippen LogP) is 2.85. The van der Waals surface area contributed by atoms with Crippen LogP contribution in [0.1, 0.15) is 39.5 Å². The minimum absolute atomic E-state index is 0.847. The van der Waals surface area contributed by atoms with Gasteiger partial charge in [-0.1, -0.05) is 6.92 Å². The Balaban J connectivity index is 2.00. The quantitative estimate of drug-likeness (QED) is 0.581. The third-order valence-electron chi connectivity index (χ3n) is 2.40. The summed E-state index contributed by atoms with van der Waals surface area (Å²) in [7, 11) is 0. The van der Waals surface area contributed by atoms with E-state index in [-0.39, 0.29) is 0 Å². The minimum Gasteiger partial charge on any atom is -0.310 e. The van der Waals surface area contributed by atoms with Crippen LogP contribution in [-0.4, -0.2) is 5.71 Å². The second-order valence-electron chi connectivity index (χ2n) is 3.76. The smallest absolute Gasteiger partial charge is 0.00583 e. The molecule has 0 aliphatic heterocycles. The molecule has 10 heavy (non-hydrogen) atoms. The number of rotatable bonds is 3. The topological polar surface area (TPSA) is 23.9 Å². The summed E-state index contributed by atoms with van der Waals surface area (Å²) < 4.78 is 0. The van der Waals surface area contributed by atoms with Gasteiger partial charge in [-0.3, -0.25) is 0 Å². The lowest BCUT2D eigenvalue weighted by Crippen LogP contribution is -2.21. The van der Waals surface area contributed by atoms with Crippen molar-refractivity contribution in [3.8, 4) is 0 Å². The molecule has 0 aromatic rings. The van der Waals surface area contributed by atoms with E-state index in [2.05, 4.69) is 6.92 Å². The van der Waals surface area contributed by atoms with Gasteiger partial charge in [0.25, 0.3) is 0 Å². The van der Waals surface area contributed by atoms with Crippen molar-refractivity contribution < 1.29 is 0 Å². The molecule has 0 radical (unpaired) electrons. The van der Waals surface area contributed by atoms with E-state index in [0.717, 1.165) is 24.0 Å². The van der Waals surface area contributed by atoms with Gasteiger partial charge in [0.2, 0.25) is 0 Å². The Bertz CT molecular complexity index is 123. The Kier molecular flexibility index (Phi) is 2.47. The predicted molar refractivity (Wildman–Crippen MR) is 44.5 cm³/mol. The van der Waals surface area contributed by atoms with Crippen molar-refractivity contribution in [2.24, 2.45) is 11.8 Å². The van der Waals surface area contributed by atoms with Gasteiger partial charge >= 0.3 is 0 Å². The summed E-state index contributed by atoms with van der Waals surface area (Å²) in [5.41, 5.74) is 0.847. The van der Waals surface area contributed by atoms with E-state index < -0.39 is 0 Å². The van der Waals surface area contributed by atoms with Crippen LogP contribution in [-0.2, 0) is 0 Å². The summed E-state index contributed by atoms with van der Waals surface area (Å²) in [5.74, 6) is 1.92. The number of nitrogens with one attached hydrogen (secondary N) is 1. The van der Waals surface area contributed by atoms with Crippen LogP contribution < -0.4 is 0 Å². The van der Waals surface area contributed by atoms with Gasteiger partial charge < -0.3 is 5.41 Å². The van der Waals surface area contributed by atoms with Gasteiger partial charge in [-0.15, -0.1) is 0 Å². The molecule has 0 aromatic carbocycles. The van der Waals surface area contributed by atoms with Crippen LogP contribution in [0.4, 0.5) is 0 Å². The minimum atomic E-state index is 0.847. The molecule has 58 valence electrons. The van der Waals surface area contributed by atoms with Crippen molar-refractivity contribution in [2.45, 2.75) is 39.5 Å². The molecule has 0 heterocycles. The van der Waals surface area contributed by atoms with Gasteiger partial charge in [-0.05, 0) is 44.4 Å². The molecule has 1 nitrogen and oxygen atoms in total. The lowest BCUT2D eigenvalue weighted by molar-refractivity contribution is 0.202. The molecule has 0 atom stereocenters.